The summed E-state index contributed by atoms with van der Waals surface area (Å²) in [6.45, 7) is 5.02. The van der Waals surface area contributed by atoms with E-state index in [1.54, 1.807) is 20.4 Å². The molecule has 0 spiro atoms. The fourth-order valence-corrected chi connectivity index (χ4v) is 6.24. The molecule has 50 heavy (non-hydrogen) atoms. The molecule has 1 fully saturated rings. The molecule has 1 aliphatic heterocycles. The molecule has 0 aliphatic carbocycles. The fraction of sp³-hybridized carbons (Fsp3) is 0.220. The van der Waals surface area contributed by atoms with Crippen molar-refractivity contribution >= 4 is 33.3 Å². The third-order valence-corrected chi connectivity index (χ3v) is 8.85. The van der Waals surface area contributed by atoms with Gasteiger partial charge in [-0.05, 0) is 76.9 Å². The summed E-state index contributed by atoms with van der Waals surface area (Å²) in [6, 6.07) is 32.8. The first-order chi connectivity index (χ1) is 24.6. The van der Waals surface area contributed by atoms with E-state index in [0.29, 0.717) is 46.6 Å². The smallest absolute Gasteiger partial charge is 0.256 e. The number of nitrogens with one attached hydrogen (secondary N) is 1. The van der Waals surface area contributed by atoms with E-state index in [1.165, 1.54) is 0 Å². The number of hydrogen-bond donors (Lipinski definition) is 1. The van der Waals surface area contributed by atoms with Crippen LogP contribution in [0.1, 0.15) is 16.8 Å². The largest absolute Gasteiger partial charge is 0.495 e. The number of nitrogens with zero attached hydrogens (tertiary/aromatic N) is 2. The molecular weight excluding hydrogens is 630 g/mol. The lowest BCUT2D eigenvalue weighted by Gasteiger charge is -2.26. The number of fused-ring (bicyclic) bond motifs is 2. The van der Waals surface area contributed by atoms with Crippen LogP contribution in [0.4, 0.5) is 5.69 Å². The van der Waals surface area contributed by atoms with E-state index < -0.39 is 0 Å². The molecule has 0 unspecified atom stereocenters. The standard InChI is InChI=1S/C41H39N3O6/c1-46-38-15-12-29(28-8-4-3-5-9-28)25-36(38)43-41(45)33-11-6-10-30-24-31(13-14-32(30)33)50-37-16-17-42-35-27-40(39(47-2)26-34(35)37)49-21-7-18-44-19-22-48-23-20-44/h3-6,8-17,24-27H,7,18-23H2,1-2H3,(H,43,45). The zero-order valence-electron chi connectivity index (χ0n) is 28.2. The Morgan fingerprint density at radius 3 is 2.44 bits per heavy atom. The maximum absolute atomic E-state index is 13.7. The second-order valence-corrected chi connectivity index (χ2v) is 12.0. The zero-order chi connectivity index (χ0) is 34.3. The van der Waals surface area contributed by atoms with Crippen molar-refractivity contribution in [1.82, 2.24) is 9.88 Å². The Morgan fingerprint density at radius 1 is 0.780 bits per heavy atom. The predicted octanol–water partition coefficient (Wildman–Crippen LogP) is 8.22. The number of carbonyl (C=O) groups excluding carboxylic acids is 1. The molecule has 5 aromatic carbocycles. The minimum absolute atomic E-state index is 0.237. The van der Waals surface area contributed by atoms with Gasteiger partial charge >= 0.3 is 0 Å². The normalized spacial score (nSPS) is 13.2. The van der Waals surface area contributed by atoms with E-state index in [1.807, 2.05) is 103 Å². The van der Waals surface area contributed by atoms with Crippen LogP contribution in [0.5, 0.6) is 28.7 Å². The number of hydrogen-bond acceptors (Lipinski definition) is 8. The average Bonchev–Trinajstić information content (AvgIpc) is 3.16. The van der Waals surface area contributed by atoms with Gasteiger partial charge in [-0.15, -0.1) is 0 Å². The van der Waals surface area contributed by atoms with Gasteiger partial charge in [0.2, 0.25) is 0 Å². The molecule has 1 N–H and O–H groups in total. The molecule has 1 amide bonds. The molecule has 9 nitrogen and oxygen atoms in total. The van der Waals surface area contributed by atoms with E-state index in [0.717, 1.165) is 72.1 Å². The number of aromatic nitrogens is 1. The number of amides is 1. The van der Waals surface area contributed by atoms with Gasteiger partial charge in [-0.2, -0.15) is 0 Å². The van der Waals surface area contributed by atoms with Gasteiger partial charge in [0.1, 0.15) is 17.2 Å². The summed E-state index contributed by atoms with van der Waals surface area (Å²) in [5, 5.41) is 5.53. The number of morpholine rings is 1. The van der Waals surface area contributed by atoms with Crippen LogP contribution >= 0.6 is 0 Å². The van der Waals surface area contributed by atoms with Gasteiger partial charge in [-0.25, -0.2) is 0 Å². The van der Waals surface area contributed by atoms with Crippen molar-refractivity contribution in [3.63, 3.8) is 0 Å². The molecular formula is C41H39N3O6. The first kappa shape index (κ1) is 32.9. The van der Waals surface area contributed by atoms with Crippen LogP contribution in [0.3, 0.4) is 0 Å². The molecule has 0 saturated carbocycles. The predicted molar refractivity (Wildman–Crippen MR) is 196 cm³/mol. The molecule has 9 heteroatoms. The van der Waals surface area contributed by atoms with Crippen LogP contribution in [0.15, 0.2) is 109 Å². The van der Waals surface area contributed by atoms with Gasteiger partial charge in [0.05, 0.1) is 45.2 Å². The van der Waals surface area contributed by atoms with Gasteiger partial charge in [-0.1, -0.05) is 48.5 Å². The van der Waals surface area contributed by atoms with Gasteiger partial charge in [0.25, 0.3) is 5.91 Å². The molecule has 2 heterocycles. The Morgan fingerprint density at radius 2 is 1.62 bits per heavy atom. The summed E-state index contributed by atoms with van der Waals surface area (Å²) in [7, 11) is 3.22. The highest BCUT2D eigenvalue weighted by molar-refractivity contribution is 6.13. The molecule has 7 rings (SSSR count). The van der Waals surface area contributed by atoms with Crippen molar-refractivity contribution < 1.29 is 28.5 Å². The molecule has 6 aromatic rings. The van der Waals surface area contributed by atoms with Crippen LogP contribution in [0.2, 0.25) is 0 Å². The Labute approximate surface area is 291 Å². The maximum atomic E-state index is 13.7. The van der Waals surface area contributed by atoms with Gasteiger partial charge in [0.15, 0.2) is 11.5 Å². The van der Waals surface area contributed by atoms with Crippen LogP contribution in [-0.4, -0.2) is 69.5 Å². The average molecular weight is 670 g/mol. The van der Waals surface area contributed by atoms with E-state index in [-0.39, 0.29) is 5.91 Å². The van der Waals surface area contributed by atoms with Crippen molar-refractivity contribution in [1.29, 1.82) is 0 Å². The molecule has 0 bridgehead atoms. The highest BCUT2D eigenvalue weighted by Gasteiger charge is 2.17. The van der Waals surface area contributed by atoms with Gasteiger partial charge in [-0.3, -0.25) is 14.7 Å². The zero-order valence-corrected chi connectivity index (χ0v) is 28.2. The molecule has 1 saturated heterocycles. The molecule has 1 aromatic heterocycles. The lowest BCUT2D eigenvalue weighted by molar-refractivity contribution is 0.0357. The van der Waals surface area contributed by atoms with Crippen LogP contribution in [-0.2, 0) is 4.74 Å². The third kappa shape index (κ3) is 7.34. The van der Waals surface area contributed by atoms with Crippen molar-refractivity contribution in [2.75, 3.05) is 59.0 Å². The summed E-state index contributed by atoms with van der Waals surface area (Å²) < 4.78 is 29.3. The van der Waals surface area contributed by atoms with Crippen LogP contribution < -0.4 is 24.3 Å². The molecule has 1 aliphatic rings. The Bertz CT molecular complexity index is 2110. The number of pyridine rings is 1. The second-order valence-electron chi connectivity index (χ2n) is 12.0. The van der Waals surface area contributed by atoms with E-state index in [4.69, 9.17) is 23.7 Å². The van der Waals surface area contributed by atoms with Gasteiger partial charge < -0.3 is 29.0 Å². The summed E-state index contributed by atoms with van der Waals surface area (Å²) in [5.74, 6) is 2.86. The molecule has 0 radical (unpaired) electrons. The number of ether oxygens (including phenoxy) is 5. The topological polar surface area (TPSA) is 91.4 Å². The second kappa shape index (κ2) is 15.3. The third-order valence-electron chi connectivity index (χ3n) is 8.85. The van der Waals surface area contributed by atoms with Gasteiger partial charge in [0, 0.05) is 42.8 Å². The van der Waals surface area contributed by atoms with Crippen molar-refractivity contribution in [3.8, 4) is 39.9 Å². The number of methoxy groups -OCH3 is 2. The summed E-state index contributed by atoms with van der Waals surface area (Å²) in [5.41, 5.74) is 3.90. The quantitative estimate of drug-likeness (QED) is 0.130. The summed E-state index contributed by atoms with van der Waals surface area (Å²) in [6.07, 6.45) is 2.62. The summed E-state index contributed by atoms with van der Waals surface area (Å²) >= 11 is 0. The monoisotopic (exact) mass is 669 g/mol. The molecule has 0 atom stereocenters. The first-order valence-corrected chi connectivity index (χ1v) is 16.7. The summed E-state index contributed by atoms with van der Waals surface area (Å²) in [4.78, 5) is 20.6. The van der Waals surface area contributed by atoms with Crippen LogP contribution in [0.25, 0.3) is 32.8 Å². The van der Waals surface area contributed by atoms with E-state index in [9.17, 15) is 4.79 Å². The Kier molecular flexibility index (Phi) is 10.0. The van der Waals surface area contributed by atoms with E-state index in [2.05, 4.69) is 15.2 Å². The number of benzene rings is 5. The lowest BCUT2D eigenvalue weighted by Crippen LogP contribution is -2.37. The lowest BCUT2D eigenvalue weighted by atomic mass is 10.0. The van der Waals surface area contributed by atoms with E-state index >= 15 is 0 Å². The highest BCUT2D eigenvalue weighted by Crippen LogP contribution is 2.38. The van der Waals surface area contributed by atoms with Crippen molar-refractivity contribution in [2.45, 2.75) is 6.42 Å². The number of carbonyl (C=O) groups is 1. The SMILES string of the molecule is COc1ccc(-c2ccccc2)cc1NC(=O)c1cccc2cc(Oc3ccnc4cc(OCCCN5CCOCC5)c(OC)cc34)ccc12. The van der Waals surface area contributed by atoms with Crippen molar-refractivity contribution in [3.05, 3.63) is 115 Å². The minimum atomic E-state index is -0.237. The minimum Gasteiger partial charge on any atom is -0.495 e. The maximum Gasteiger partial charge on any atom is 0.256 e. The Hall–Kier alpha value is -5.64. The Balaban J connectivity index is 1.08. The van der Waals surface area contributed by atoms with Crippen LogP contribution in [0, 0.1) is 0 Å². The first-order valence-electron chi connectivity index (χ1n) is 16.7. The highest BCUT2D eigenvalue weighted by atomic mass is 16.5. The molecule has 254 valence electrons. The number of rotatable bonds is 12. The fourth-order valence-electron chi connectivity index (χ4n) is 6.24. The number of anilines is 1. The van der Waals surface area contributed by atoms with Crippen molar-refractivity contribution in [2.24, 2.45) is 0 Å².